The fraction of sp³-hybridized carbons (Fsp3) is 0.643. The van der Waals surface area contributed by atoms with Crippen molar-refractivity contribution >= 4 is 11.2 Å². The Balaban J connectivity index is 1.82. The molecule has 3 N–H and O–H groups in total. The molecule has 0 aliphatic carbocycles. The van der Waals surface area contributed by atoms with Crippen molar-refractivity contribution in [1.29, 1.82) is 0 Å². The second-order valence-electron chi connectivity index (χ2n) is 5.83. The number of hydrogen-bond acceptors (Lipinski definition) is 12. The van der Waals surface area contributed by atoms with Crippen LogP contribution < -0.4 is 9.47 Å². The summed E-state index contributed by atoms with van der Waals surface area (Å²) in [7, 11) is 1.38. The van der Waals surface area contributed by atoms with Crippen LogP contribution in [-0.2, 0) is 9.57 Å². The van der Waals surface area contributed by atoms with Gasteiger partial charge >= 0.3 is 6.01 Å². The van der Waals surface area contributed by atoms with Crippen LogP contribution in [0.15, 0.2) is 6.33 Å². The molecule has 0 saturated carbocycles. The highest BCUT2D eigenvalue weighted by Crippen LogP contribution is 2.33. The molecule has 1 saturated heterocycles. The number of aliphatic hydroxyl groups excluding tert-OH is 3. The van der Waals surface area contributed by atoms with Gasteiger partial charge in [0.05, 0.1) is 33.3 Å². The normalized spacial score (nSPS) is 24.4. The van der Waals surface area contributed by atoms with E-state index in [1.54, 1.807) is 0 Å². The van der Waals surface area contributed by atoms with Crippen molar-refractivity contribution in [3.63, 3.8) is 0 Å². The second-order valence-corrected chi connectivity index (χ2v) is 5.83. The average Bonchev–Trinajstić information content (AvgIpc) is 3.22. The van der Waals surface area contributed by atoms with Gasteiger partial charge in [0.25, 0.3) is 5.09 Å². The number of fused-ring (bicyclic) bond motifs is 1. The van der Waals surface area contributed by atoms with Crippen molar-refractivity contribution in [3.05, 3.63) is 16.4 Å². The summed E-state index contributed by atoms with van der Waals surface area (Å²) in [5, 5.41) is 38.6. The molecule has 2 aromatic rings. The Bertz CT molecular complexity index is 831. The summed E-state index contributed by atoms with van der Waals surface area (Å²) in [6.45, 7) is -0.572. The number of imidazole rings is 1. The zero-order valence-electron chi connectivity index (χ0n) is 14.7. The van der Waals surface area contributed by atoms with Crippen LogP contribution in [0.4, 0.5) is 0 Å². The molecule has 0 radical (unpaired) electrons. The number of hydrogen-bond donors (Lipinski definition) is 3. The van der Waals surface area contributed by atoms with Gasteiger partial charge in [-0.15, -0.1) is 10.1 Å². The van der Waals surface area contributed by atoms with Gasteiger partial charge in [-0.05, 0) is 0 Å². The van der Waals surface area contributed by atoms with Gasteiger partial charge in [-0.1, -0.05) is 0 Å². The summed E-state index contributed by atoms with van der Waals surface area (Å²) in [6.07, 6.45) is -3.06. The monoisotopic (exact) mass is 401 g/mol. The molecule has 14 heteroatoms. The minimum Gasteiger partial charge on any atom is -0.479 e. The molecule has 1 fully saturated rings. The fourth-order valence-electron chi connectivity index (χ4n) is 2.74. The maximum absolute atomic E-state index is 10.2. The van der Waals surface area contributed by atoms with E-state index in [-0.39, 0.29) is 42.7 Å². The van der Waals surface area contributed by atoms with E-state index in [0.29, 0.717) is 0 Å². The molecule has 2 aromatic heterocycles. The number of rotatable bonds is 9. The van der Waals surface area contributed by atoms with Gasteiger partial charge in [-0.25, -0.2) is 4.98 Å². The van der Waals surface area contributed by atoms with E-state index in [1.807, 2.05) is 0 Å². The first kappa shape index (κ1) is 19.9. The maximum atomic E-state index is 10.2. The predicted octanol–water partition coefficient (Wildman–Crippen LogP) is -1.58. The van der Waals surface area contributed by atoms with Crippen molar-refractivity contribution in [1.82, 2.24) is 19.5 Å². The molecule has 154 valence electrons. The number of methoxy groups -OCH3 is 1. The first-order chi connectivity index (χ1) is 13.5. The summed E-state index contributed by atoms with van der Waals surface area (Å²) in [5.74, 6) is 0.104. The van der Waals surface area contributed by atoms with E-state index in [2.05, 4.69) is 19.8 Å². The SMILES string of the molecule is COc1nc(OCCCO[N+](=O)[O-])nc2c1ncn2[C@@H]1O[C@H](CO)[C@@H](O)[C@H]1O. The van der Waals surface area contributed by atoms with Crippen LogP contribution in [0.25, 0.3) is 11.2 Å². The van der Waals surface area contributed by atoms with E-state index in [4.69, 9.17) is 14.2 Å². The first-order valence-corrected chi connectivity index (χ1v) is 8.27. The van der Waals surface area contributed by atoms with Crippen LogP contribution >= 0.6 is 0 Å². The smallest absolute Gasteiger partial charge is 0.321 e. The largest absolute Gasteiger partial charge is 0.479 e. The number of nitrogens with zero attached hydrogens (tertiary/aromatic N) is 5. The Kier molecular flexibility index (Phi) is 6.03. The van der Waals surface area contributed by atoms with Crippen molar-refractivity contribution in [3.8, 4) is 11.9 Å². The molecule has 14 nitrogen and oxygen atoms in total. The zero-order valence-corrected chi connectivity index (χ0v) is 14.7. The molecular formula is C14H19N5O9. The molecule has 3 rings (SSSR count). The average molecular weight is 401 g/mol. The fourth-order valence-corrected chi connectivity index (χ4v) is 2.74. The van der Waals surface area contributed by atoms with Crippen molar-refractivity contribution in [2.75, 3.05) is 26.9 Å². The standard InChI is InChI=1S/C14H19N5O9/c1-25-12-8-11(16-14(17-12)26-3-2-4-27-19(23)24)18(6-15-8)13-10(22)9(21)7(5-20)28-13/h6-7,9-10,13,20-22H,2-5H2,1H3/t7-,9-,10-,13-/m1/s1. The van der Waals surface area contributed by atoms with E-state index >= 15 is 0 Å². The molecule has 0 amide bonds. The summed E-state index contributed by atoms with van der Waals surface area (Å²) in [5.41, 5.74) is 0.475. The molecule has 0 aromatic carbocycles. The summed E-state index contributed by atoms with van der Waals surface area (Å²) in [6, 6.07) is -0.0843. The Morgan fingerprint density at radius 1 is 1.32 bits per heavy atom. The third-order valence-electron chi connectivity index (χ3n) is 4.07. The van der Waals surface area contributed by atoms with Gasteiger partial charge in [0.2, 0.25) is 5.88 Å². The quantitative estimate of drug-likeness (QED) is 0.249. The van der Waals surface area contributed by atoms with Crippen LogP contribution in [-0.4, -0.2) is 85.2 Å². The molecule has 1 aliphatic heterocycles. The number of aliphatic hydroxyl groups is 3. The molecule has 28 heavy (non-hydrogen) atoms. The van der Waals surface area contributed by atoms with Gasteiger partial charge in [-0.3, -0.25) is 4.57 Å². The Morgan fingerprint density at radius 2 is 2.11 bits per heavy atom. The summed E-state index contributed by atoms with van der Waals surface area (Å²) >= 11 is 0. The van der Waals surface area contributed by atoms with Crippen LogP contribution in [0.1, 0.15) is 12.6 Å². The van der Waals surface area contributed by atoms with E-state index < -0.39 is 36.2 Å². The highest BCUT2D eigenvalue weighted by Gasteiger charge is 2.44. The molecule has 0 spiro atoms. The van der Waals surface area contributed by atoms with Crippen molar-refractivity contribution in [2.24, 2.45) is 0 Å². The Morgan fingerprint density at radius 3 is 2.75 bits per heavy atom. The maximum Gasteiger partial charge on any atom is 0.321 e. The summed E-state index contributed by atoms with van der Waals surface area (Å²) < 4.78 is 17.4. The van der Waals surface area contributed by atoms with Crippen LogP contribution in [0.3, 0.4) is 0 Å². The third-order valence-corrected chi connectivity index (χ3v) is 4.07. The minimum absolute atomic E-state index is 0.0461. The highest BCUT2D eigenvalue weighted by molar-refractivity contribution is 5.76. The molecule has 1 aliphatic rings. The first-order valence-electron chi connectivity index (χ1n) is 8.27. The molecule has 4 atom stereocenters. The second kappa shape index (κ2) is 8.47. The van der Waals surface area contributed by atoms with E-state index in [9.17, 15) is 25.4 Å². The molecule has 3 heterocycles. The Hall–Kier alpha value is -2.81. The highest BCUT2D eigenvalue weighted by atomic mass is 16.9. The number of ether oxygens (including phenoxy) is 3. The lowest BCUT2D eigenvalue weighted by molar-refractivity contribution is -0.757. The van der Waals surface area contributed by atoms with Crippen molar-refractivity contribution in [2.45, 2.75) is 31.0 Å². The van der Waals surface area contributed by atoms with Crippen LogP contribution in [0.5, 0.6) is 11.9 Å². The lowest BCUT2D eigenvalue weighted by Gasteiger charge is -2.16. The van der Waals surface area contributed by atoms with E-state index in [1.165, 1.54) is 18.0 Å². The Labute approximate surface area is 157 Å². The number of aromatic nitrogens is 4. The van der Waals surface area contributed by atoms with Gasteiger partial charge in [0.1, 0.15) is 18.3 Å². The topological polar surface area (TPSA) is 184 Å². The van der Waals surface area contributed by atoms with Crippen molar-refractivity contribution < 1.29 is 39.5 Å². The van der Waals surface area contributed by atoms with Crippen LogP contribution in [0, 0.1) is 10.1 Å². The predicted molar refractivity (Wildman–Crippen MR) is 87.9 cm³/mol. The molecule has 0 bridgehead atoms. The third kappa shape index (κ3) is 3.89. The molecule has 0 unspecified atom stereocenters. The van der Waals surface area contributed by atoms with Gasteiger partial charge in [-0.2, -0.15) is 9.97 Å². The van der Waals surface area contributed by atoms with E-state index in [0.717, 1.165) is 0 Å². The zero-order chi connectivity index (χ0) is 20.3. The minimum atomic E-state index is -1.32. The van der Waals surface area contributed by atoms with Crippen LogP contribution in [0.2, 0.25) is 0 Å². The summed E-state index contributed by atoms with van der Waals surface area (Å²) in [4.78, 5) is 26.7. The lowest BCUT2D eigenvalue weighted by atomic mass is 10.1. The van der Waals surface area contributed by atoms with Gasteiger partial charge in [0, 0.05) is 6.42 Å². The van der Waals surface area contributed by atoms with Gasteiger partial charge < -0.3 is 34.4 Å². The van der Waals surface area contributed by atoms with Gasteiger partial charge in [0.15, 0.2) is 17.4 Å². The lowest BCUT2D eigenvalue weighted by Crippen LogP contribution is -2.33. The molecular weight excluding hydrogens is 382 g/mol.